The fraction of sp³-hybridized carbons (Fsp3) is 0.400. The van der Waals surface area contributed by atoms with Crippen molar-refractivity contribution in [3.63, 3.8) is 0 Å². The second-order valence-corrected chi connectivity index (χ2v) is 6.25. The largest absolute Gasteiger partial charge is 0.491 e. The van der Waals surface area contributed by atoms with Gasteiger partial charge in [-0.2, -0.15) is 0 Å². The number of rotatable bonds is 7. The first-order valence-corrected chi connectivity index (χ1v) is 8.22. The van der Waals surface area contributed by atoms with Gasteiger partial charge in [0.15, 0.2) is 0 Å². The van der Waals surface area contributed by atoms with Crippen LogP contribution in [0, 0.1) is 0 Å². The lowest BCUT2D eigenvalue weighted by Crippen LogP contribution is -2.22. The van der Waals surface area contributed by atoms with E-state index in [1.165, 1.54) is 11.1 Å². The maximum atomic E-state index is 9.26. The molecule has 0 aromatic heterocycles. The van der Waals surface area contributed by atoms with Crippen molar-refractivity contribution in [1.82, 2.24) is 5.32 Å². The maximum absolute atomic E-state index is 9.26. The van der Waals surface area contributed by atoms with Gasteiger partial charge in [0.1, 0.15) is 5.75 Å². The molecule has 2 rings (SSSR count). The molecular formula is C20H27NO2. The van der Waals surface area contributed by atoms with E-state index in [0.717, 1.165) is 11.3 Å². The Morgan fingerprint density at radius 1 is 0.913 bits per heavy atom. The first kappa shape index (κ1) is 17.5. The molecule has 0 heterocycles. The minimum absolute atomic E-state index is 0.0768. The molecule has 3 nitrogen and oxygen atoms in total. The van der Waals surface area contributed by atoms with E-state index < -0.39 is 0 Å². The summed E-state index contributed by atoms with van der Waals surface area (Å²) in [5.41, 5.74) is 3.36. The molecule has 124 valence electrons. The van der Waals surface area contributed by atoms with Crippen LogP contribution in [0.4, 0.5) is 0 Å². The Morgan fingerprint density at radius 3 is 2.17 bits per heavy atom. The first-order chi connectivity index (χ1) is 11.0. The van der Waals surface area contributed by atoms with Crippen LogP contribution in [0.5, 0.6) is 5.75 Å². The summed E-state index contributed by atoms with van der Waals surface area (Å²) >= 11 is 0. The summed E-state index contributed by atoms with van der Waals surface area (Å²) in [6, 6.07) is 16.7. The molecule has 0 saturated carbocycles. The molecule has 0 saturated heterocycles. The zero-order chi connectivity index (χ0) is 16.8. The van der Waals surface area contributed by atoms with Crippen LogP contribution in [0.15, 0.2) is 48.5 Å². The van der Waals surface area contributed by atoms with E-state index in [1.54, 1.807) is 0 Å². The van der Waals surface area contributed by atoms with Gasteiger partial charge >= 0.3 is 0 Å². The third-order valence-electron chi connectivity index (χ3n) is 3.89. The lowest BCUT2D eigenvalue weighted by Gasteiger charge is -2.21. The maximum Gasteiger partial charge on any atom is 0.119 e. The van der Waals surface area contributed by atoms with Crippen molar-refractivity contribution in [3.05, 3.63) is 65.2 Å². The van der Waals surface area contributed by atoms with Gasteiger partial charge in [0, 0.05) is 12.1 Å². The van der Waals surface area contributed by atoms with Gasteiger partial charge in [-0.25, -0.2) is 0 Å². The molecule has 0 aliphatic heterocycles. The van der Waals surface area contributed by atoms with Gasteiger partial charge in [-0.05, 0) is 56.5 Å². The van der Waals surface area contributed by atoms with Crippen LogP contribution in [-0.4, -0.2) is 11.2 Å². The Kier molecular flexibility index (Phi) is 6.20. The zero-order valence-corrected chi connectivity index (χ0v) is 14.4. The third kappa shape index (κ3) is 5.08. The van der Waals surface area contributed by atoms with Gasteiger partial charge in [-0.1, -0.05) is 36.4 Å². The quantitative estimate of drug-likeness (QED) is 0.797. The van der Waals surface area contributed by atoms with E-state index in [9.17, 15) is 5.11 Å². The molecule has 3 heteroatoms. The Labute approximate surface area is 139 Å². The van der Waals surface area contributed by atoms with Crippen LogP contribution >= 0.6 is 0 Å². The summed E-state index contributed by atoms with van der Waals surface area (Å²) in [5, 5.41) is 12.9. The van der Waals surface area contributed by atoms with Crippen molar-refractivity contribution in [2.24, 2.45) is 0 Å². The highest BCUT2D eigenvalue weighted by Crippen LogP contribution is 2.22. The van der Waals surface area contributed by atoms with Crippen LogP contribution in [0.25, 0.3) is 0 Å². The number of benzene rings is 2. The summed E-state index contributed by atoms with van der Waals surface area (Å²) in [7, 11) is 0. The van der Waals surface area contributed by atoms with Crippen LogP contribution in [0.2, 0.25) is 0 Å². The molecule has 0 aliphatic rings. The highest BCUT2D eigenvalue weighted by Gasteiger charge is 2.12. The van der Waals surface area contributed by atoms with Gasteiger partial charge in [0.05, 0.1) is 12.7 Å². The van der Waals surface area contributed by atoms with Crippen molar-refractivity contribution in [3.8, 4) is 5.75 Å². The molecule has 2 N–H and O–H groups in total. The van der Waals surface area contributed by atoms with E-state index in [0.29, 0.717) is 0 Å². The normalized spacial score (nSPS) is 13.8. The smallest absolute Gasteiger partial charge is 0.119 e. The molecule has 2 aromatic rings. The SMILES string of the molecule is CC(C)Oc1ccc(C(C)NC(C)c2cccc(CO)c2)cc1. The topological polar surface area (TPSA) is 41.5 Å². The average molecular weight is 313 g/mol. The Morgan fingerprint density at radius 2 is 1.57 bits per heavy atom. The second-order valence-electron chi connectivity index (χ2n) is 6.25. The van der Waals surface area contributed by atoms with Gasteiger partial charge in [0.25, 0.3) is 0 Å². The molecule has 0 amide bonds. The van der Waals surface area contributed by atoms with Crippen LogP contribution in [0.1, 0.15) is 56.5 Å². The number of aliphatic hydroxyl groups is 1. The predicted molar refractivity (Wildman–Crippen MR) is 94.5 cm³/mol. The molecule has 2 aromatic carbocycles. The van der Waals surface area contributed by atoms with Crippen molar-refractivity contribution in [2.45, 2.75) is 52.5 Å². The summed E-state index contributed by atoms with van der Waals surface area (Å²) in [6.07, 6.45) is 0.190. The van der Waals surface area contributed by atoms with Crippen LogP contribution in [-0.2, 0) is 6.61 Å². The van der Waals surface area contributed by atoms with Gasteiger partial charge in [-0.15, -0.1) is 0 Å². The lowest BCUT2D eigenvalue weighted by molar-refractivity contribution is 0.242. The summed E-state index contributed by atoms with van der Waals surface area (Å²) < 4.78 is 5.68. The first-order valence-electron chi connectivity index (χ1n) is 8.22. The second kappa shape index (κ2) is 8.14. The Bertz CT molecular complexity index is 607. The molecule has 23 heavy (non-hydrogen) atoms. The lowest BCUT2D eigenvalue weighted by atomic mass is 10.0. The zero-order valence-electron chi connectivity index (χ0n) is 14.4. The average Bonchev–Trinajstić information content (AvgIpc) is 2.55. The van der Waals surface area contributed by atoms with Gasteiger partial charge in [0.2, 0.25) is 0 Å². The van der Waals surface area contributed by atoms with Crippen LogP contribution in [0.3, 0.4) is 0 Å². The molecule has 0 fully saturated rings. The van der Waals surface area contributed by atoms with Crippen molar-refractivity contribution < 1.29 is 9.84 Å². The van der Waals surface area contributed by atoms with Gasteiger partial charge in [-0.3, -0.25) is 0 Å². The molecule has 2 unspecified atom stereocenters. The monoisotopic (exact) mass is 313 g/mol. The van der Waals surface area contributed by atoms with Crippen molar-refractivity contribution >= 4 is 0 Å². The third-order valence-corrected chi connectivity index (χ3v) is 3.89. The fourth-order valence-corrected chi connectivity index (χ4v) is 2.64. The minimum atomic E-state index is 0.0768. The van der Waals surface area contributed by atoms with E-state index >= 15 is 0 Å². The molecule has 0 bridgehead atoms. The molecule has 0 radical (unpaired) electrons. The van der Waals surface area contributed by atoms with Crippen molar-refractivity contribution in [1.29, 1.82) is 0 Å². The fourth-order valence-electron chi connectivity index (χ4n) is 2.64. The number of ether oxygens (including phenoxy) is 1. The summed E-state index contributed by atoms with van der Waals surface area (Å²) in [5.74, 6) is 0.902. The minimum Gasteiger partial charge on any atom is -0.491 e. The number of aliphatic hydroxyl groups excluding tert-OH is 1. The molecule has 2 atom stereocenters. The Hall–Kier alpha value is -1.84. The van der Waals surface area contributed by atoms with E-state index in [2.05, 4.69) is 37.4 Å². The highest BCUT2D eigenvalue weighted by molar-refractivity contribution is 5.30. The van der Waals surface area contributed by atoms with Crippen LogP contribution < -0.4 is 10.1 Å². The van der Waals surface area contributed by atoms with Gasteiger partial charge < -0.3 is 15.2 Å². The van der Waals surface area contributed by atoms with E-state index in [1.807, 2.05) is 44.2 Å². The number of nitrogens with one attached hydrogen (secondary N) is 1. The summed E-state index contributed by atoms with van der Waals surface area (Å²) in [6.45, 7) is 8.43. The molecule has 0 aliphatic carbocycles. The molecular weight excluding hydrogens is 286 g/mol. The Balaban J connectivity index is 2.01. The highest BCUT2D eigenvalue weighted by atomic mass is 16.5. The number of hydrogen-bond donors (Lipinski definition) is 2. The van der Waals surface area contributed by atoms with E-state index in [4.69, 9.17) is 4.74 Å². The predicted octanol–water partition coefficient (Wildman–Crippen LogP) is 4.38. The number of hydrogen-bond acceptors (Lipinski definition) is 3. The molecule has 0 spiro atoms. The van der Waals surface area contributed by atoms with E-state index in [-0.39, 0.29) is 24.8 Å². The van der Waals surface area contributed by atoms with Crippen molar-refractivity contribution in [2.75, 3.05) is 0 Å². The standard InChI is InChI=1S/C20H27NO2/c1-14(2)23-20-10-8-18(9-11-20)15(3)21-16(4)19-7-5-6-17(12-19)13-22/h5-12,14-16,21-22H,13H2,1-4H3. The summed E-state index contributed by atoms with van der Waals surface area (Å²) in [4.78, 5) is 0.